The van der Waals surface area contributed by atoms with Crippen LogP contribution in [0.1, 0.15) is 11.3 Å². The Kier molecular flexibility index (Phi) is 8.97. The Balaban J connectivity index is 1.69. The quantitative estimate of drug-likeness (QED) is 0.326. The maximum absolute atomic E-state index is 11.1. The Bertz CT molecular complexity index is 1050. The van der Waals surface area contributed by atoms with Gasteiger partial charge in [-0.05, 0) is 42.0 Å². The molecule has 0 saturated carbocycles. The molecule has 174 valence electrons. The van der Waals surface area contributed by atoms with Gasteiger partial charge < -0.3 is 23.9 Å². The fourth-order valence-corrected chi connectivity index (χ4v) is 3.44. The van der Waals surface area contributed by atoms with Crippen molar-refractivity contribution in [3.05, 3.63) is 84.1 Å². The number of ether oxygens (including phenoxy) is 4. The molecule has 0 spiro atoms. The maximum Gasteiger partial charge on any atom is 0.508 e. The minimum Gasteiger partial charge on any atom is -0.493 e. The zero-order chi connectivity index (χ0) is 23.5. The number of carbonyl (C=O) groups excluding carboxylic acids is 1. The maximum atomic E-state index is 11.1. The van der Waals surface area contributed by atoms with Gasteiger partial charge in [-0.2, -0.15) is 0 Å². The molecule has 3 aromatic rings. The molecular formula is C26H30N2O5. The van der Waals surface area contributed by atoms with Crippen LogP contribution in [0.5, 0.6) is 11.5 Å². The highest BCUT2D eigenvalue weighted by molar-refractivity contribution is 5.64. The van der Waals surface area contributed by atoms with E-state index in [1.54, 1.807) is 14.2 Å². The van der Waals surface area contributed by atoms with Gasteiger partial charge in [-0.3, -0.25) is 4.90 Å². The lowest BCUT2D eigenvalue weighted by atomic mass is 10.1. The fourth-order valence-electron chi connectivity index (χ4n) is 3.44. The number of rotatable bonds is 11. The van der Waals surface area contributed by atoms with Gasteiger partial charge in [-0.15, -0.1) is 0 Å². The Morgan fingerprint density at radius 3 is 2.42 bits per heavy atom. The van der Waals surface area contributed by atoms with Crippen molar-refractivity contribution in [1.29, 1.82) is 0 Å². The molecule has 0 aliphatic heterocycles. The van der Waals surface area contributed by atoms with Crippen LogP contribution in [-0.4, -0.2) is 50.5 Å². The lowest BCUT2D eigenvalue weighted by Gasteiger charge is -2.20. The first kappa shape index (κ1) is 23.9. The third-order valence-electron chi connectivity index (χ3n) is 5.08. The van der Waals surface area contributed by atoms with Crippen molar-refractivity contribution in [2.24, 2.45) is 0 Å². The summed E-state index contributed by atoms with van der Waals surface area (Å²) in [4.78, 5) is 16.9. The highest BCUT2D eigenvalue weighted by Crippen LogP contribution is 2.32. The predicted molar refractivity (Wildman–Crippen MR) is 127 cm³/mol. The summed E-state index contributed by atoms with van der Waals surface area (Å²) in [6.45, 7) is 2.39. The Morgan fingerprint density at radius 1 is 0.909 bits per heavy atom. The first-order chi connectivity index (χ1) is 16.1. The molecule has 0 atom stereocenters. The third kappa shape index (κ3) is 7.15. The lowest BCUT2D eigenvalue weighted by Crippen LogP contribution is -2.23. The van der Waals surface area contributed by atoms with E-state index in [4.69, 9.17) is 14.2 Å². The van der Waals surface area contributed by atoms with E-state index >= 15 is 0 Å². The van der Waals surface area contributed by atoms with Crippen molar-refractivity contribution >= 4 is 6.16 Å². The summed E-state index contributed by atoms with van der Waals surface area (Å²) < 4.78 is 20.1. The van der Waals surface area contributed by atoms with Gasteiger partial charge in [0.15, 0.2) is 11.5 Å². The van der Waals surface area contributed by atoms with Crippen LogP contribution < -0.4 is 9.47 Å². The molecule has 0 amide bonds. The number of carbonyl (C=O) groups is 1. The van der Waals surface area contributed by atoms with Crippen LogP contribution in [0, 0.1) is 0 Å². The lowest BCUT2D eigenvalue weighted by molar-refractivity contribution is 0.0817. The molecule has 33 heavy (non-hydrogen) atoms. The van der Waals surface area contributed by atoms with E-state index < -0.39 is 6.16 Å². The van der Waals surface area contributed by atoms with Gasteiger partial charge in [0.25, 0.3) is 0 Å². The monoisotopic (exact) mass is 450 g/mol. The van der Waals surface area contributed by atoms with Gasteiger partial charge in [0, 0.05) is 36.6 Å². The Labute approximate surface area is 194 Å². The van der Waals surface area contributed by atoms with Gasteiger partial charge >= 0.3 is 6.16 Å². The zero-order valence-corrected chi connectivity index (χ0v) is 19.2. The summed E-state index contributed by atoms with van der Waals surface area (Å²) in [5.41, 5.74) is 4.35. The largest absolute Gasteiger partial charge is 0.508 e. The van der Waals surface area contributed by atoms with E-state index in [0.29, 0.717) is 18.0 Å². The van der Waals surface area contributed by atoms with E-state index in [2.05, 4.69) is 38.9 Å². The molecule has 0 unspecified atom stereocenters. The second kappa shape index (κ2) is 12.4. The highest BCUT2D eigenvalue weighted by Gasteiger charge is 2.11. The molecule has 2 aromatic carbocycles. The molecule has 0 bridgehead atoms. The number of H-pyrrole nitrogens is 1. The van der Waals surface area contributed by atoms with Crippen LogP contribution in [-0.2, 0) is 22.6 Å². The van der Waals surface area contributed by atoms with Gasteiger partial charge in [-0.1, -0.05) is 36.4 Å². The number of nitrogens with one attached hydrogen (secondary N) is 1. The number of methoxy groups -OCH3 is 3. The molecule has 1 N–H and O–H groups in total. The number of aromatic nitrogens is 1. The molecule has 7 heteroatoms. The smallest absolute Gasteiger partial charge is 0.493 e. The van der Waals surface area contributed by atoms with Crippen molar-refractivity contribution < 1.29 is 23.7 Å². The van der Waals surface area contributed by atoms with Gasteiger partial charge in [0.1, 0.15) is 6.61 Å². The number of hydrogen-bond acceptors (Lipinski definition) is 6. The number of hydrogen-bond donors (Lipinski definition) is 1. The van der Waals surface area contributed by atoms with Gasteiger partial charge in [0.2, 0.25) is 0 Å². The van der Waals surface area contributed by atoms with Crippen LogP contribution in [0.25, 0.3) is 11.3 Å². The normalized spacial score (nSPS) is 11.0. The predicted octanol–water partition coefficient (Wildman–Crippen LogP) is 5.04. The van der Waals surface area contributed by atoms with Crippen LogP contribution in [0.2, 0.25) is 0 Å². The molecule has 0 fully saturated rings. The van der Waals surface area contributed by atoms with E-state index in [1.807, 2.05) is 48.6 Å². The number of benzene rings is 2. The molecule has 0 aliphatic rings. The topological polar surface area (TPSA) is 73.0 Å². The molecule has 3 rings (SSSR count). The highest BCUT2D eigenvalue weighted by atomic mass is 16.7. The summed E-state index contributed by atoms with van der Waals surface area (Å²) in [6.07, 6.45) is 3.12. The first-order valence-corrected chi connectivity index (χ1v) is 10.6. The zero-order valence-electron chi connectivity index (χ0n) is 19.2. The molecule has 1 aromatic heterocycles. The summed E-state index contributed by atoms with van der Waals surface area (Å²) in [5, 5.41) is 0. The van der Waals surface area contributed by atoms with E-state index in [-0.39, 0.29) is 6.61 Å². The molecule has 1 heterocycles. The molecule has 0 radical (unpaired) electrons. The first-order valence-electron chi connectivity index (χ1n) is 10.6. The van der Waals surface area contributed by atoms with Crippen LogP contribution >= 0.6 is 0 Å². The summed E-state index contributed by atoms with van der Waals surface area (Å²) >= 11 is 0. The third-order valence-corrected chi connectivity index (χ3v) is 5.08. The number of aromatic amines is 1. The van der Waals surface area contributed by atoms with Crippen molar-refractivity contribution in [2.45, 2.75) is 13.1 Å². The average molecular weight is 451 g/mol. The second-order valence-electron chi connectivity index (χ2n) is 7.36. The van der Waals surface area contributed by atoms with Crippen LogP contribution in [0.3, 0.4) is 0 Å². The van der Waals surface area contributed by atoms with E-state index in [0.717, 1.165) is 30.0 Å². The van der Waals surface area contributed by atoms with Crippen molar-refractivity contribution in [3.8, 4) is 22.8 Å². The Hall–Kier alpha value is -3.71. The Morgan fingerprint density at radius 2 is 1.70 bits per heavy atom. The average Bonchev–Trinajstić information content (AvgIpc) is 3.32. The summed E-state index contributed by atoms with van der Waals surface area (Å²) in [5.74, 6) is 1.39. The molecular weight excluding hydrogens is 420 g/mol. The van der Waals surface area contributed by atoms with E-state index in [9.17, 15) is 4.79 Å². The fraction of sp³-hybridized carbons (Fsp3) is 0.269. The molecule has 7 nitrogen and oxygen atoms in total. The SMILES string of the molecule is COC(=O)OC/C=C\CN(Cc1ccccc1)Cc1ccc(-c2ccc(OC)c(OC)c2)[nH]1. The summed E-state index contributed by atoms with van der Waals surface area (Å²) in [6, 6.07) is 20.3. The van der Waals surface area contributed by atoms with Crippen molar-refractivity contribution in [3.63, 3.8) is 0 Å². The van der Waals surface area contributed by atoms with Crippen LogP contribution in [0.4, 0.5) is 4.79 Å². The van der Waals surface area contributed by atoms with Crippen LogP contribution in [0.15, 0.2) is 72.8 Å². The summed E-state index contributed by atoms with van der Waals surface area (Å²) in [7, 11) is 4.55. The molecule has 0 saturated heterocycles. The van der Waals surface area contributed by atoms with Crippen molar-refractivity contribution in [2.75, 3.05) is 34.5 Å². The minimum absolute atomic E-state index is 0.178. The standard InChI is InChI=1S/C26H30N2O5/c1-30-24-14-11-21(17-25(24)31-2)23-13-12-22(27-23)19-28(18-20-9-5-4-6-10-20)15-7-8-16-33-26(29)32-3/h4-14,17,27H,15-16,18-19H2,1-3H3/b8-7-. The van der Waals surface area contributed by atoms with Gasteiger partial charge in [0.05, 0.1) is 21.3 Å². The second-order valence-corrected chi connectivity index (χ2v) is 7.36. The minimum atomic E-state index is -0.685. The van der Waals surface area contributed by atoms with Gasteiger partial charge in [-0.25, -0.2) is 4.79 Å². The number of nitrogens with zero attached hydrogens (tertiary/aromatic N) is 1. The van der Waals surface area contributed by atoms with Crippen molar-refractivity contribution in [1.82, 2.24) is 9.88 Å². The molecule has 0 aliphatic carbocycles. The van der Waals surface area contributed by atoms with E-state index in [1.165, 1.54) is 12.7 Å².